The van der Waals surface area contributed by atoms with E-state index in [0.717, 1.165) is 32.3 Å². The maximum absolute atomic E-state index is 12.5. The molecule has 114 valence electrons. The van der Waals surface area contributed by atoms with Gasteiger partial charge in [-0.15, -0.1) is 0 Å². The van der Waals surface area contributed by atoms with E-state index in [1.54, 1.807) is 18.9 Å². The van der Waals surface area contributed by atoms with Crippen molar-refractivity contribution in [3.05, 3.63) is 0 Å². The molecule has 2 atom stereocenters. The Balaban J connectivity index is 1.97. The smallest absolute Gasteiger partial charge is 0.329 e. The summed E-state index contributed by atoms with van der Waals surface area (Å²) in [5, 5.41) is 9.36. The van der Waals surface area contributed by atoms with Crippen LogP contribution in [-0.2, 0) is 9.53 Å². The van der Waals surface area contributed by atoms with Crippen LogP contribution in [0.25, 0.3) is 0 Å². The summed E-state index contributed by atoms with van der Waals surface area (Å²) in [5.74, 6) is -0.925. The number of carboxylic acid groups (broad SMARTS) is 1. The summed E-state index contributed by atoms with van der Waals surface area (Å²) >= 11 is 0. The van der Waals surface area contributed by atoms with E-state index in [4.69, 9.17) is 4.74 Å². The molecule has 2 rings (SSSR count). The van der Waals surface area contributed by atoms with E-state index >= 15 is 0 Å². The molecule has 0 radical (unpaired) electrons. The van der Waals surface area contributed by atoms with Crippen LogP contribution in [0.15, 0.2) is 0 Å². The Labute approximate surface area is 119 Å². The monoisotopic (exact) mass is 284 g/mol. The number of carbonyl (C=O) groups excluding carboxylic acids is 1. The molecule has 2 amide bonds. The first-order chi connectivity index (χ1) is 9.45. The first kappa shape index (κ1) is 15.1. The lowest BCUT2D eigenvalue weighted by Crippen LogP contribution is -2.55. The number of carboxylic acids is 1. The summed E-state index contributed by atoms with van der Waals surface area (Å²) in [6.07, 6.45) is 4.51. The van der Waals surface area contributed by atoms with Gasteiger partial charge in [-0.1, -0.05) is 0 Å². The Bertz CT molecular complexity index is 381. The van der Waals surface area contributed by atoms with Crippen LogP contribution in [0.3, 0.4) is 0 Å². The first-order valence-electron chi connectivity index (χ1n) is 7.33. The van der Waals surface area contributed by atoms with Crippen molar-refractivity contribution in [1.82, 2.24) is 9.80 Å². The molecule has 0 aromatic carbocycles. The van der Waals surface area contributed by atoms with Gasteiger partial charge in [-0.05, 0) is 39.0 Å². The fraction of sp³-hybridized carbons (Fsp3) is 0.857. The second-order valence-electron chi connectivity index (χ2n) is 5.99. The van der Waals surface area contributed by atoms with Gasteiger partial charge < -0.3 is 19.6 Å². The van der Waals surface area contributed by atoms with Crippen molar-refractivity contribution in [3.63, 3.8) is 0 Å². The minimum Gasteiger partial charge on any atom is -0.480 e. The summed E-state index contributed by atoms with van der Waals surface area (Å²) < 4.78 is 5.63. The van der Waals surface area contributed by atoms with Gasteiger partial charge in [0.1, 0.15) is 5.54 Å². The van der Waals surface area contributed by atoms with Gasteiger partial charge in [-0.2, -0.15) is 0 Å². The third kappa shape index (κ3) is 2.90. The molecule has 0 spiro atoms. The Kier molecular flexibility index (Phi) is 4.52. The number of likely N-dealkylation sites (N-methyl/N-ethyl adjacent to an activating group) is 1. The summed E-state index contributed by atoms with van der Waals surface area (Å²) in [6, 6.07) is -0.207. The van der Waals surface area contributed by atoms with Crippen LogP contribution >= 0.6 is 0 Å². The van der Waals surface area contributed by atoms with Crippen molar-refractivity contribution in [1.29, 1.82) is 0 Å². The van der Waals surface area contributed by atoms with Gasteiger partial charge >= 0.3 is 12.0 Å². The van der Waals surface area contributed by atoms with Crippen LogP contribution in [-0.4, -0.2) is 65.3 Å². The van der Waals surface area contributed by atoms with Gasteiger partial charge in [0.15, 0.2) is 0 Å². The molecular formula is C14H24N2O4. The van der Waals surface area contributed by atoms with Crippen LogP contribution in [0.2, 0.25) is 0 Å². The number of hydrogen-bond donors (Lipinski definition) is 1. The zero-order valence-electron chi connectivity index (χ0n) is 12.3. The Morgan fingerprint density at radius 2 is 2.15 bits per heavy atom. The molecule has 0 saturated carbocycles. The van der Waals surface area contributed by atoms with Gasteiger partial charge in [0.05, 0.1) is 6.10 Å². The van der Waals surface area contributed by atoms with Crippen LogP contribution in [0.5, 0.6) is 0 Å². The highest BCUT2D eigenvalue weighted by Crippen LogP contribution is 2.30. The van der Waals surface area contributed by atoms with E-state index in [2.05, 4.69) is 0 Å². The van der Waals surface area contributed by atoms with Gasteiger partial charge in [-0.3, -0.25) is 0 Å². The highest BCUT2D eigenvalue weighted by atomic mass is 16.5. The van der Waals surface area contributed by atoms with E-state index < -0.39 is 11.5 Å². The standard InChI is InChI=1S/C14H24N2O4/c1-14(12(17)18)7-5-8-16(14)13(19)15(2)10-11-6-3-4-9-20-11/h11H,3-10H2,1-2H3,(H,17,18). The normalized spacial score (nSPS) is 30.3. The highest BCUT2D eigenvalue weighted by Gasteiger charge is 2.46. The third-order valence-electron chi connectivity index (χ3n) is 4.41. The second kappa shape index (κ2) is 5.99. The van der Waals surface area contributed by atoms with Gasteiger partial charge in [0, 0.05) is 26.7 Å². The molecule has 6 heteroatoms. The molecule has 6 nitrogen and oxygen atoms in total. The minimum absolute atomic E-state index is 0.0800. The van der Waals surface area contributed by atoms with E-state index in [1.165, 1.54) is 4.90 Å². The van der Waals surface area contributed by atoms with E-state index in [-0.39, 0.29) is 12.1 Å². The van der Waals surface area contributed by atoms with E-state index in [0.29, 0.717) is 19.5 Å². The average molecular weight is 284 g/mol. The number of carbonyl (C=O) groups is 2. The number of amides is 2. The molecule has 20 heavy (non-hydrogen) atoms. The topological polar surface area (TPSA) is 70.1 Å². The molecule has 0 aliphatic carbocycles. The SMILES string of the molecule is CN(CC1CCCCO1)C(=O)N1CCCC1(C)C(=O)O. The molecule has 0 aromatic rings. The zero-order chi connectivity index (χ0) is 14.8. The molecule has 1 N–H and O–H groups in total. The molecule has 2 unspecified atom stereocenters. The molecule has 2 heterocycles. The lowest BCUT2D eigenvalue weighted by Gasteiger charge is -2.36. The van der Waals surface area contributed by atoms with Crippen molar-refractivity contribution in [2.45, 2.75) is 50.7 Å². The largest absolute Gasteiger partial charge is 0.480 e. The van der Waals surface area contributed by atoms with Crippen LogP contribution in [0.4, 0.5) is 4.79 Å². The predicted octanol–water partition coefficient (Wildman–Crippen LogP) is 1.55. The number of nitrogens with zero attached hydrogens (tertiary/aromatic N) is 2. The van der Waals surface area contributed by atoms with E-state index in [1.807, 2.05) is 0 Å². The Morgan fingerprint density at radius 1 is 1.40 bits per heavy atom. The molecule has 2 aliphatic heterocycles. The van der Waals surface area contributed by atoms with Gasteiger partial charge in [-0.25, -0.2) is 9.59 Å². The second-order valence-corrected chi connectivity index (χ2v) is 5.99. The highest BCUT2D eigenvalue weighted by molar-refractivity contribution is 5.86. The molecule has 2 saturated heterocycles. The van der Waals surface area contributed by atoms with Crippen molar-refractivity contribution in [2.24, 2.45) is 0 Å². The average Bonchev–Trinajstić information content (AvgIpc) is 2.82. The Hall–Kier alpha value is -1.30. The number of aliphatic carboxylic acids is 1. The number of hydrogen-bond acceptors (Lipinski definition) is 3. The zero-order valence-corrected chi connectivity index (χ0v) is 12.3. The van der Waals surface area contributed by atoms with Crippen molar-refractivity contribution < 1.29 is 19.4 Å². The summed E-state index contributed by atoms with van der Waals surface area (Å²) in [5.41, 5.74) is -1.07. The fourth-order valence-electron chi connectivity index (χ4n) is 3.03. The van der Waals surface area contributed by atoms with Crippen molar-refractivity contribution in [2.75, 3.05) is 26.7 Å². The fourth-order valence-corrected chi connectivity index (χ4v) is 3.03. The molecule has 0 aromatic heterocycles. The van der Waals surface area contributed by atoms with Crippen molar-refractivity contribution >= 4 is 12.0 Å². The number of ether oxygens (including phenoxy) is 1. The first-order valence-corrected chi connectivity index (χ1v) is 7.33. The summed E-state index contributed by atoms with van der Waals surface area (Å²) in [6.45, 7) is 3.43. The predicted molar refractivity (Wildman–Crippen MR) is 73.6 cm³/mol. The molecule has 2 fully saturated rings. The third-order valence-corrected chi connectivity index (χ3v) is 4.41. The summed E-state index contributed by atoms with van der Waals surface area (Å²) in [7, 11) is 1.72. The minimum atomic E-state index is -1.07. The van der Waals surface area contributed by atoms with E-state index in [9.17, 15) is 14.7 Å². The summed E-state index contributed by atoms with van der Waals surface area (Å²) in [4.78, 5) is 27.0. The van der Waals surface area contributed by atoms with Crippen LogP contribution < -0.4 is 0 Å². The lowest BCUT2D eigenvalue weighted by molar-refractivity contribution is -0.147. The van der Waals surface area contributed by atoms with Crippen LogP contribution in [0.1, 0.15) is 39.0 Å². The van der Waals surface area contributed by atoms with Crippen LogP contribution in [0, 0.1) is 0 Å². The molecular weight excluding hydrogens is 260 g/mol. The quantitative estimate of drug-likeness (QED) is 0.853. The lowest BCUT2D eigenvalue weighted by atomic mass is 10.00. The number of rotatable bonds is 3. The molecule has 0 bridgehead atoms. The maximum Gasteiger partial charge on any atom is 0.329 e. The maximum atomic E-state index is 12.5. The van der Waals surface area contributed by atoms with Gasteiger partial charge in [0.2, 0.25) is 0 Å². The Morgan fingerprint density at radius 3 is 2.75 bits per heavy atom. The number of likely N-dealkylation sites (tertiary alicyclic amines) is 1. The number of urea groups is 1. The molecule has 2 aliphatic rings. The van der Waals surface area contributed by atoms with Crippen molar-refractivity contribution in [3.8, 4) is 0 Å². The van der Waals surface area contributed by atoms with Gasteiger partial charge in [0.25, 0.3) is 0 Å².